The van der Waals surface area contributed by atoms with Gasteiger partial charge in [0, 0.05) is 25.7 Å². The van der Waals surface area contributed by atoms with Gasteiger partial charge in [0.15, 0.2) is 17.1 Å². The van der Waals surface area contributed by atoms with E-state index in [-0.39, 0.29) is 12.7 Å². The molecule has 1 fully saturated rings. The number of hydrogen-bond donors (Lipinski definition) is 1. The number of ether oxygens (including phenoxy) is 2. The Labute approximate surface area is 174 Å². The van der Waals surface area contributed by atoms with Gasteiger partial charge in [0.1, 0.15) is 5.52 Å². The van der Waals surface area contributed by atoms with Crippen LogP contribution in [0.25, 0.3) is 17.2 Å². The molecule has 2 aromatic carbocycles. The van der Waals surface area contributed by atoms with Crippen molar-refractivity contribution in [3.05, 3.63) is 54.1 Å². The molecule has 3 heterocycles. The molecule has 0 saturated carbocycles. The van der Waals surface area contributed by atoms with Crippen molar-refractivity contribution in [1.29, 1.82) is 0 Å². The smallest absolute Gasteiger partial charge is 0.298 e. The van der Waals surface area contributed by atoms with E-state index in [1.54, 1.807) is 12.2 Å². The van der Waals surface area contributed by atoms with E-state index < -0.39 is 0 Å². The normalized spacial score (nSPS) is 16.5. The minimum Gasteiger partial charge on any atom is -0.454 e. The summed E-state index contributed by atoms with van der Waals surface area (Å²) in [6.07, 6.45) is 5.33. The van der Waals surface area contributed by atoms with Gasteiger partial charge in [-0.1, -0.05) is 18.2 Å². The summed E-state index contributed by atoms with van der Waals surface area (Å²) < 4.78 is 16.5. The van der Waals surface area contributed by atoms with E-state index in [0.29, 0.717) is 24.2 Å². The molecule has 0 atom stereocenters. The number of benzene rings is 2. The van der Waals surface area contributed by atoms with Gasteiger partial charge in [0.05, 0.1) is 0 Å². The van der Waals surface area contributed by atoms with Crippen LogP contribution in [0.2, 0.25) is 0 Å². The maximum Gasteiger partial charge on any atom is 0.298 e. The second kappa shape index (κ2) is 8.10. The van der Waals surface area contributed by atoms with Crippen molar-refractivity contribution >= 4 is 29.1 Å². The molecule has 1 amide bonds. The first-order chi connectivity index (χ1) is 14.7. The molecule has 1 N–H and O–H groups in total. The molecule has 0 radical (unpaired) electrons. The fourth-order valence-electron chi connectivity index (χ4n) is 3.82. The van der Waals surface area contributed by atoms with Gasteiger partial charge in [-0.25, -0.2) is 0 Å². The fraction of sp³-hybridized carbons (Fsp3) is 0.304. The van der Waals surface area contributed by atoms with Crippen LogP contribution in [0.4, 0.5) is 6.01 Å². The Balaban J connectivity index is 1.09. The highest BCUT2D eigenvalue weighted by atomic mass is 16.7. The SMILES string of the molecule is O=C(C=Cc1ccc2c(c1)OCO2)NCC1CCN(c2nc3ccccc3o2)CC1. The van der Waals surface area contributed by atoms with E-state index >= 15 is 0 Å². The van der Waals surface area contributed by atoms with Gasteiger partial charge in [0.25, 0.3) is 6.01 Å². The summed E-state index contributed by atoms with van der Waals surface area (Å²) in [5.41, 5.74) is 2.60. The van der Waals surface area contributed by atoms with Crippen LogP contribution < -0.4 is 19.7 Å². The molecule has 7 heteroatoms. The summed E-state index contributed by atoms with van der Waals surface area (Å²) in [4.78, 5) is 18.9. The topological polar surface area (TPSA) is 76.8 Å². The monoisotopic (exact) mass is 405 g/mol. The summed E-state index contributed by atoms with van der Waals surface area (Å²) in [6.45, 7) is 2.67. The standard InChI is InChI=1S/C23H23N3O4/c27-22(8-6-16-5-7-20-21(13-16)29-15-28-20)24-14-17-9-11-26(12-10-17)23-25-18-3-1-2-4-19(18)30-23/h1-8,13,17H,9-12,14-15H2,(H,24,27). The van der Waals surface area contributed by atoms with Crippen LogP contribution in [0.15, 0.2) is 53.0 Å². The Bertz CT molecular complexity index is 1050. The van der Waals surface area contributed by atoms with Gasteiger partial charge >= 0.3 is 0 Å². The number of oxazole rings is 1. The van der Waals surface area contributed by atoms with E-state index in [9.17, 15) is 4.79 Å². The Morgan fingerprint density at radius 1 is 1.13 bits per heavy atom. The third-order valence-corrected chi connectivity index (χ3v) is 5.56. The van der Waals surface area contributed by atoms with E-state index in [0.717, 1.165) is 48.3 Å². The van der Waals surface area contributed by atoms with Crippen LogP contribution in [0.3, 0.4) is 0 Å². The number of piperidine rings is 1. The van der Waals surface area contributed by atoms with Crippen LogP contribution in [0.1, 0.15) is 18.4 Å². The quantitative estimate of drug-likeness (QED) is 0.654. The van der Waals surface area contributed by atoms with Crippen molar-refractivity contribution in [3.63, 3.8) is 0 Å². The molecule has 7 nitrogen and oxygen atoms in total. The highest BCUT2D eigenvalue weighted by Gasteiger charge is 2.23. The molecule has 0 aliphatic carbocycles. The summed E-state index contributed by atoms with van der Waals surface area (Å²) in [5, 5.41) is 3.01. The lowest BCUT2D eigenvalue weighted by Crippen LogP contribution is -2.38. The molecule has 1 saturated heterocycles. The zero-order valence-electron chi connectivity index (χ0n) is 16.5. The molecule has 2 aliphatic rings. The molecule has 2 aliphatic heterocycles. The number of hydrogen-bond acceptors (Lipinski definition) is 6. The summed E-state index contributed by atoms with van der Waals surface area (Å²) in [6, 6.07) is 14.1. The Morgan fingerprint density at radius 3 is 2.83 bits per heavy atom. The van der Waals surface area contributed by atoms with Crippen molar-refractivity contribution in [3.8, 4) is 11.5 Å². The maximum atomic E-state index is 12.2. The van der Waals surface area contributed by atoms with Gasteiger partial charge < -0.3 is 24.1 Å². The first-order valence-electron chi connectivity index (χ1n) is 10.2. The molecule has 1 aromatic heterocycles. The number of nitrogens with one attached hydrogen (secondary N) is 1. The zero-order valence-corrected chi connectivity index (χ0v) is 16.5. The zero-order chi connectivity index (χ0) is 20.3. The molecular formula is C23H23N3O4. The number of anilines is 1. The van der Waals surface area contributed by atoms with Crippen molar-refractivity contribution in [2.45, 2.75) is 12.8 Å². The van der Waals surface area contributed by atoms with Crippen molar-refractivity contribution in [2.75, 3.05) is 31.3 Å². The number of fused-ring (bicyclic) bond motifs is 2. The number of amides is 1. The fourth-order valence-corrected chi connectivity index (χ4v) is 3.82. The number of carbonyl (C=O) groups excluding carboxylic acids is 1. The second-order valence-corrected chi connectivity index (χ2v) is 7.59. The number of nitrogens with zero attached hydrogens (tertiary/aromatic N) is 2. The largest absolute Gasteiger partial charge is 0.454 e. The van der Waals surface area contributed by atoms with Gasteiger partial charge in [-0.15, -0.1) is 0 Å². The van der Waals surface area contributed by atoms with Gasteiger partial charge in [-0.2, -0.15) is 4.98 Å². The van der Waals surface area contributed by atoms with Crippen LogP contribution in [-0.2, 0) is 4.79 Å². The number of para-hydroxylation sites is 2. The molecule has 30 heavy (non-hydrogen) atoms. The third-order valence-electron chi connectivity index (χ3n) is 5.56. The molecule has 0 spiro atoms. The average molecular weight is 405 g/mol. The molecule has 0 bridgehead atoms. The van der Waals surface area contributed by atoms with Crippen molar-refractivity contribution < 1.29 is 18.7 Å². The van der Waals surface area contributed by atoms with Crippen molar-refractivity contribution in [2.24, 2.45) is 5.92 Å². The number of carbonyl (C=O) groups is 1. The first-order valence-corrected chi connectivity index (χ1v) is 10.2. The third kappa shape index (κ3) is 3.96. The second-order valence-electron chi connectivity index (χ2n) is 7.59. The number of aromatic nitrogens is 1. The van der Waals surface area contributed by atoms with Gasteiger partial charge in [-0.05, 0) is 54.7 Å². The van der Waals surface area contributed by atoms with Crippen LogP contribution in [-0.4, -0.2) is 37.3 Å². The predicted molar refractivity (Wildman–Crippen MR) is 114 cm³/mol. The Hall–Kier alpha value is -3.48. The molecule has 3 aromatic rings. The van der Waals surface area contributed by atoms with Crippen molar-refractivity contribution in [1.82, 2.24) is 10.3 Å². The van der Waals surface area contributed by atoms with Crippen LogP contribution in [0.5, 0.6) is 11.5 Å². The highest BCUT2D eigenvalue weighted by Crippen LogP contribution is 2.32. The minimum atomic E-state index is -0.0888. The van der Waals surface area contributed by atoms with Crippen LogP contribution in [0, 0.1) is 5.92 Å². The van der Waals surface area contributed by atoms with E-state index in [1.165, 1.54) is 0 Å². The lowest BCUT2D eigenvalue weighted by molar-refractivity contribution is -0.116. The first kappa shape index (κ1) is 18.5. The Morgan fingerprint density at radius 2 is 1.97 bits per heavy atom. The summed E-state index contributed by atoms with van der Waals surface area (Å²) in [5.74, 6) is 1.81. The Kier molecular flexibility index (Phi) is 5.01. The molecule has 154 valence electrons. The minimum absolute atomic E-state index is 0.0888. The number of rotatable bonds is 5. The highest BCUT2D eigenvalue weighted by molar-refractivity contribution is 5.91. The van der Waals surface area contributed by atoms with E-state index in [1.807, 2.05) is 42.5 Å². The average Bonchev–Trinajstić information content (AvgIpc) is 3.43. The molecular weight excluding hydrogens is 382 g/mol. The molecule has 0 unspecified atom stereocenters. The van der Waals surface area contributed by atoms with Gasteiger partial charge in [0.2, 0.25) is 12.7 Å². The van der Waals surface area contributed by atoms with Gasteiger partial charge in [-0.3, -0.25) is 4.79 Å². The predicted octanol–water partition coefficient (Wildman–Crippen LogP) is 3.60. The molecule has 5 rings (SSSR count). The maximum absolute atomic E-state index is 12.2. The lowest BCUT2D eigenvalue weighted by Gasteiger charge is -2.30. The summed E-state index contributed by atoms with van der Waals surface area (Å²) in [7, 11) is 0. The van der Waals surface area contributed by atoms with Crippen LogP contribution >= 0.6 is 0 Å². The lowest BCUT2D eigenvalue weighted by atomic mass is 9.97. The van der Waals surface area contributed by atoms with E-state index in [4.69, 9.17) is 13.9 Å². The van der Waals surface area contributed by atoms with E-state index in [2.05, 4.69) is 15.2 Å². The summed E-state index contributed by atoms with van der Waals surface area (Å²) >= 11 is 0.